The van der Waals surface area contributed by atoms with Crippen molar-refractivity contribution in [2.45, 2.75) is 45.8 Å². The molecule has 1 aliphatic heterocycles. The van der Waals surface area contributed by atoms with Crippen LogP contribution in [0.2, 0.25) is 0 Å². The highest BCUT2D eigenvalue weighted by atomic mass is 16.5. The number of hydrogen-bond donors (Lipinski definition) is 1. The maximum absolute atomic E-state index is 12.3. The van der Waals surface area contributed by atoms with Crippen molar-refractivity contribution in [2.75, 3.05) is 32.9 Å². The van der Waals surface area contributed by atoms with Crippen molar-refractivity contribution in [3.63, 3.8) is 0 Å². The van der Waals surface area contributed by atoms with Gasteiger partial charge in [0, 0.05) is 18.6 Å². The van der Waals surface area contributed by atoms with Gasteiger partial charge in [0.05, 0.1) is 32.4 Å². The Morgan fingerprint density at radius 3 is 2.50 bits per heavy atom. The van der Waals surface area contributed by atoms with Crippen molar-refractivity contribution in [3.05, 3.63) is 0 Å². The molecule has 1 unspecified atom stereocenters. The Hall–Kier alpha value is -0.650. The molecule has 5 nitrogen and oxygen atoms in total. The summed E-state index contributed by atoms with van der Waals surface area (Å²) < 4.78 is 5.31. The molecule has 1 heterocycles. The Morgan fingerprint density at radius 1 is 1.39 bits per heavy atom. The molecule has 0 bridgehead atoms. The van der Waals surface area contributed by atoms with Crippen LogP contribution < -0.4 is 0 Å². The summed E-state index contributed by atoms with van der Waals surface area (Å²) in [6, 6.07) is 0.348. The number of amides is 1. The summed E-state index contributed by atoms with van der Waals surface area (Å²) in [6.07, 6.45) is 0. The summed E-state index contributed by atoms with van der Waals surface area (Å²) in [6.45, 7) is 10.4. The first kappa shape index (κ1) is 15.4. The number of carbonyl (C=O) groups excluding carboxylic acids is 1. The number of aliphatic hydroxyl groups is 1. The maximum Gasteiger partial charge on any atom is 0.237 e. The van der Waals surface area contributed by atoms with Crippen molar-refractivity contribution < 1.29 is 14.6 Å². The van der Waals surface area contributed by atoms with Crippen LogP contribution in [-0.4, -0.2) is 71.8 Å². The third kappa shape index (κ3) is 3.93. The number of carbonyl (C=O) groups is 1. The molecule has 0 aromatic heterocycles. The summed E-state index contributed by atoms with van der Waals surface area (Å²) in [4.78, 5) is 16.2. The second-order valence-electron chi connectivity index (χ2n) is 5.37. The van der Waals surface area contributed by atoms with Gasteiger partial charge in [0.2, 0.25) is 5.91 Å². The fourth-order valence-corrected chi connectivity index (χ4v) is 2.49. The molecular formula is C13H26N2O3. The Morgan fingerprint density at radius 2 is 2.00 bits per heavy atom. The van der Waals surface area contributed by atoms with Gasteiger partial charge in [0.25, 0.3) is 0 Å². The van der Waals surface area contributed by atoms with Crippen LogP contribution >= 0.6 is 0 Å². The first-order valence-electron chi connectivity index (χ1n) is 6.71. The zero-order valence-electron chi connectivity index (χ0n) is 11.9. The van der Waals surface area contributed by atoms with E-state index in [1.807, 2.05) is 37.5 Å². The second-order valence-corrected chi connectivity index (χ2v) is 5.37. The van der Waals surface area contributed by atoms with Crippen LogP contribution in [0.4, 0.5) is 0 Å². The van der Waals surface area contributed by atoms with Gasteiger partial charge < -0.3 is 14.7 Å². The van der Waals surface area contributed by atoms with E-state index in [2.05, 4.69) is 0 Å². The third-order valence-corrected chi connectivity index (χ3v) is 3.30. The van der Waals surface area contributed by atoms with Crippen molar-refractivity contribution in [1.29, 1.82) is 0 Å². The van der Waals surface area contributed by atoms with Gasteiger partial charge in [0.1, 0.15) is 0 Å². The maximum atomic E-state index is 12.3. The van der Waals surface area contributed by atoms with Crippen LogP contribution in [0.25, 0.3) is 0 Å². The van der Waals surface area contributed by atoms with E-state index in [1.54, 1.807) is 0 Å². The van der Waals surface area contributed by atoms with Gasteiger partial charge in [-0.2, -0.15) is 0 Å². The van der Waals surface area contributed by atoms with Crippen LogP contribution in [-0.2, 0) is 9.53 Å². The Balaban J connectivity index is 2.61. The van der Waals surface area contributed by atoms with Crippen LogP contribution in [0.5, 0.6) is 0 Å². The van der Waals surface area contributed by atoms with E-state index >= 15 is 0 Å². The summed E-state index contributed by atoms with van der Waals surface area (Å²) >= 11 is 0. The fraction of sp³-hybridized carbons (Fsp3) is 0.923. The van der Waals surface area contributed by atoms with Gasteiger partial charge in [-0.15, -0.1) is 0 Å². The van der Waals surface area contributed by atoms with Crippen LogP contribution in [0.1, 0.15) is 27.7 Å². The molecule has 0 aromatic carbocycles. The van der Waals surface area contributed by atoms with Gasteiger partial charge >= 0.3 is 0 Å². The average Bonchev–Trinajstić information content (AvgIpc) is 2.28. The molecule has 106 valence electrons. The summed E-state index contributed by atoms with van der Waals surface area (Å²) in [5.41, 5.74) is 0. The fourth-order valence-electron chi connectivity index (χ4n) is 2.49. The normalized spacial score (nSPS) is 21.6. The smallest absolute Gasteiger partial charge is 0.237 e. The monoisotopic (exact) mass is 258 g/mol. The molecular weight excluding hydrogens is 232 g/mol. The van der Waals surface area contributed by atoms with E-state index in [0.29, 0.717) is 26.3 Å². The van der Waals surface area contributed by atoms with E-state index in [-0.39, 0.29) is 30.6 Å². The van der Waals surface area contributed by atoms with Gasteiger partial charge in [-0.05, 0) is 27.7 Å². The van der Waals surface area contributed by atoms with Gasteiger partial charge in [-0.1, -0.05) is 0 Å². The third-order valence-electron chi connectivity index (χ3n) is 3.30. The molecule has 1 rings (SSSR count). The van der Waals surface area contributed by atoms with Gasteiger partial charge in [-0.25, -0.2) is 0 Å². The van der Waals surface area contributed by atoms with Crippen LogP contribution in [0, 0.1) is 0 Å². The van der Waals surface area contributed by atoms with Crippen molar-refractivity contribution >= 4 is 5.91 Å². The molecule has 0 spiro atoms. The molecule has 0 aliphatic carbocycles. The summed E-state index contributed by atoms with van der Waals surface area (Å²) in [5.74, 6) is 0.125. The predicted molar refractivity (Wildman–Crippen MR) is 70.4 cm³/mol. The minimum absolute atomic E-state index is 0.0383. The van der Waals surface area contributed by atoms with Crippen molar-refractivity contribution in [2.24, 2.45) is 0 Å². The molecule has 1 amide bonds. The average molecular weight is 258 g/mol. The molecule has 5 heteroatoms. The zero-order chi connectivity index (χ0) is 13.7. The lowest BCUT2D eigenvalue weighted by atomic mass is 10.2. The van der Waals surface area contributed by atoms with Crippen LogP contribution in [0.15, 0.2) is 0 Å². The molecule has 1 saturated heterocycles. The van der Waals surface area contributed by atoms with E-state index in [4.69, 9.17) is 4.74 Å². The van der Waals surface area contributed by atoms with E-state index < -0.39 is 0 Å². The lowest BCUT2D eigenvalue weighted by Gasteiger charge is -2.37. The SMILES string of the molecule is CC(C)N(C(=O)CN1CCOCC1CO)C(C)C. The number of rotatable bonds is 5. The molecule has 0 aromatic rings. The predicted octanol–water partition coefficient (Wildman–Crippen LogP) is 0.325. The molecule has 1 fully saturated rings. The highest BCUT2D eigenvalue weighted by molar-refractivity contribution is 5.78. The lowest BCUT2D eigenvalue weighted by Crippen LogP contribution is -2.53. The van der Waals surface area contributed by atoms with E-state index in [1.165, 1.54) is 0 Å². The number of hydrogen-bond acceptors (Lipinski definition) is 4. The number of morpholine rings is 1. The number of ether oxygens (including phenoxy) is 1. The molecule has 1 atom stereocenters. The molecule has 18 heavy (non-hydrogen) atoms. The highest BCUT2D eigenvalue weighted by Gasteiger charge is 2.27. The van der Waals surface area contributed by atoms with E-state index in [9.17, 15) is 9.90 Å². The largest absolute Gasteiger partial charge is 0.395 e. The zero-order valence-corrected chi connectivity index (χ0v) is 11.9. The summed E-state index contributed by atoms with van der Waals surface area (Å²) in [5, 5.41) is 9.28. The highest BCUT2D eigenvalue weighted by Crippen LogP contribution is 2.10. The van der Waals surface area contributed by atoms with Crippen molar-refractivity contribution in [3.8, 4) is 0 Å². The lowest BCUT2D eigenvalue weighted by molar-refractivity contribution is -0.138. The quantitative estimate of drug-likeness (QED) is 0.772. The second kappa shape index (κ2) is 7.07. The topological polar surface area (TPSA) is 53.0 Å². The number of aliphatic hydroxyl groups excluding tert-OH is 1. The summed E-state index contributed by atoms with van der Waals surface area (Å²) in [7, 11) is 0. The molecule has 1 N–H and O–H groups in total. The molecule has 0 saturated carbocycles. The van der Waals surface area contributed by atoms with Crippen molar-refractivity contribution in [1.82, 2.24) is 9.80 Å². The first-order chi connectivity index (χ1) is 8.47. The minimum atomic E-state index is -0.0520. The van der Waals surface area contributed by atoms with E-state index in [0.717, 1.165) is 0 Å². The van der Waals surface area contributed by atoms with Crippen LogP contribution in [0.3, 0.4) is 0 Å². The van der Waals surface area contributed by atoms with Gasteiger partial charge in [-0.3, -0.25) is 9.69 Å². The Labute approximate surface area is 110 Å². The first-order valence-corrected chi connectivity index (χ1v) is 6.71. The minimum Gasteiger partial charge on any atom is -0.395 e. The number of nitrogens with zero attached hydrogens (tertiary/aromatic N) is 2. The molecule has 0 radical (unpaired) electrons. The Kier molecular flexibility index (Phi) is 6.05. The standard InChI is InChI=1S/C13H26N2O3/c1-10(2)15(11(3)4)13(17)7-14-5-6-18-9-12(14)8-16/h10-12,16H,5-9H2,1-4H3. The molecule has 1 aliphatic rings. The van der Waals surface area contributed by atoms with Gasteiger partial charge in [0.15, 0.2) is 0 Å². The Bertz CT molecular complexity index is 261.